The zero-order valence-electron chi connectivity index (χ0n) is 20.2. The van der Waals surface area contributed by atoms with Crippen LogP contribution in [0.25, 0.3) is 0 Å². The van der Waals surface area contributed by atoms with Crippen LogP contribution >= 0.6 is 0 Å². The molecule has 0 spiro atoms. The van der Waals surface area contributed by atoms with Gasteiger partial charge in [-0.2, -0.15) is 0 Å². The van der Waals surface area contributed by atoms with Gasteiger partial charge in [0.05, 0.1) is 11.8 Å². The van der Waals surface area contributed by atoms with Gasteiger partial charge in [-0.05, 0) is 86.0 Å². The van der Waals surface area contributed by atoms with Crippen molar-refractivity contribution >= 4 is 11.9 Å². The van der Waals surface area contributed by atoms with E-state index in [2.05, 4.69) is 40.2 Å². The fraction of sp³-hybridized carbons (Fsp3) is 0.500. The minimum atomic E-state index is -0.712. The number of benzene rings is 2. The number of carbonyl (C=O) groups is 2. The Kier molecular flexibility index (Phi) is 8.90. The van der Waals surface area contributed by atoms with E-state index in [0.29, 0.717) is 25.9 Å². The Hall–Kier alpha value is -2.74. The first-order chi connectivity index (χ1) is 17.0. The minimum absolute atomic E-state index is 0.187. The second-order valence-electron chi connectivity index (χ2n) is 10.0. The van der Waals surface area contributed by atoms with Gasteiger partial charge in [-0.15, -0.1) is 0 Å². The lowest BCUT2D eigenvalue weighted by Crippen LogP contribution is -2.27. The highest BCUT2D eigenvalue weighted by atomic mass is 16.4. The quantitative estimate of drug-likeness (QED) is 0.318. The third-order valence-electron chi connectivity index (χ3n) is 7.52. The highest BCUT2D eigenvalue weighted by Gasteiger charge is 2.31. The molecular weight excluding hydrogens is 442 g/mol. The monoisotopic (exact) mass is 479 g/mol. The van der Waals surface area contributed by atoms with Crippen molar-refractivity contribution in [2.75, 3.05) is 26.2 Å². The molecule has 2 saturated heterocycles. The molecule has 4 atom stereocenters. The van der Waals surface area contributed by atoms with Gasteiger partial charge in [0.2, 0.25) is 0 Å². The standard InChI is InChI=1S/C28H37N3O4/c32-27(33)25(23-7-9-29-17-23)13-19-3-1-5-21(11-19)15-31-16-22-6-2-4-20(12-22)14-26(28(34)35)24-8-10-30-18-24/h1-6,11-12,23-26,29-31H,7-10,13-18H2,(H,32,33)(H,34,35)/t23-,24-,25?,26?/m0/s1. The fourth-order valence-corrected chi connectivity index (χ4v) is 5.54. The molecule has 4 rings (SSSR count). The van der Waals surface area contributed by atoms with Crippen molar-refractivity contribution < 1.29 is 19.8 Å². The van der Waals surface area contributed by atoms with Gasteiger partial charge in [-0.25, -0.2) is 0 Å². The largest absolute Gasteiger partial charge is 0.481 e. The molecule has 2 fully saturated rings. The molecule has 0 aromatic heterocycles. The summed E-state index contributed by atoms with van der Waals surface area (Å²) in [5.41, 5.74) is 4.39. The summed E-state index contributed by atoms with van der Waals surface area (Å²) in [6.07, 6.45) is 2.95. The van der Waals surface area contributed by atoms with Crippen LogP contribution in [0, 0.1) is 23.7 Å². The summed E-state index contributed by atoms with van der Waals surface area (Å²) in [5.74, 6) is -1.76. The van der Waals surface area contributed by atoms with Crippen LogP contribution in [-0.2, 0) is 35.5 Å². The third kappa shape index (κ3) is 7.13. The summed E-state index contributed by atoms with van der Waals surface area (Å²) in [7, 11) is 0. The fourth-order valence-electron chi connectivity index (χ4n) is 5.54. The first-order valence-corrected chi connectivity index (χ1v) is 12.7. The summed E-state index contributed by atoms with van der Waals surface area (Å²) in [6.45, 7) is 4.73. The van der Waals surface area contributed by atoms with Gasteiger partial charge in [0.15, 0.2) is 0 Å². The van der Waals surface area contributed by atoms with Crippen LogP contribution in [-0.4, -0.2) is 48.3 Å². The van der Waals surface area contributed by atoms with Crippen molar-refractivity contribution in [2.24, 2.45) is 23.7 Å². The average molecular weight is 480 g/mol. The maximum absolute atomic E-state index is 11.8. The summed E-state index contributed by atoms with van der Waals surface area (Å²) in [4.78, 5) is 23.7. The average Bonchev–Trinajstić information content (AvgIpc) is 3.56. The van der Waals surface area contributed by atoms with Crippen molar-refractivity contribution in [2.45, 2.75) is 38.8 Å². The van der Waals surface area contributed by atoms with Gasteiger partial charge in [0.25, 0.3) is 0 Å². The lowest BCUT2D eigenvalue weighted by Gasteiger charge is -2.19. The summed E-state index contributed by atoms with van der Waals surface area (Å²) in [5, 5.41) is 29.5. The van der Waals surface area contributed by atoms with Crippen LogP contribution in [0.15, 0.2) is 48.5 Å². The number of rotatable bonds is 12. The lowest BCUT2D eigenvalue weighted by atomic mass is 9.86. The van der Waals surface area contributed by atoms with Crippen LogP contribution in [0.1, 0.15) is 35.1 Å². The molecule has 0 amide bonds. The van der Waals surface area contributed by atoms with Crippen molar-refractivity contribution in [1.29, 1.82) is 0 Å². The van der Waals surface area contributed by atoms with Crippen molar-refractivity contribution in [1.82, 2.24) is 16.0 Å². The molecule has 35 heavy (non-hydrogen) atoms. The molecule has 7 nitrogen and oxygen atoms in total. The Morgan fingerprint density at radius 3 is 1.57 bits per heavy atom. The zero-order chi connectivity index (χ0) is 24.6. The van der Waals surface area contributed by atoms with E-state index < -0.39 is 11.9 Å². The molecule has 0 aliphatic carbocycles. The van der Waals surface area contributed by atoms with Crippen molar-refractivity contribution in [3.8, 4) is 0 Å². The number of hydrogen-bond donors (Lipinski definition) is 5. The van der Waals surface area contributed by atoms with E-state index in [1.807, 2.05) is 24.3 Å². The van der Waals surface area contributed by atoms with Gasteiger partial charge >= 0.3 is 11.9 Å². The maximum Gasteiger partial charge on any atom is 0.307 e. The number of nitrogens with one attached hydrogen (secondary N) is 3. The zero-order valence-corrected chi connectivity index (χ0v) is 20.2. The maximum atomic E-state index is 11.8. The SMILES string of the molecule is O=C(O)C(Cc1cccc(CNCc2cccc(CC(C(=O)O)[C@H]3CCNC3)c2)c1)[C@H]1CCNC1. The summed E-state index contributed by atoms with van der Waals surface area (Å²) in [6, 6.07) is 16.4. The Labute approximate surface area is 207 Å². The van der Waals surface area contributed by atoms with E-state index in [1.165, 1.54) is 0 Å². The summed E-state index contributed by atoms with van der Waals surface area (Å²) < 4.78 is 0. The molecule has 2 aromatic rings. The second kappa shape index (κ2) is 12.3. The molecule has 0 radical (unpaired) electrons. The molecule has 0 bridgehead atoms. The first-order valence-electron chi connectivity index (χ1n) is 12.7. The van der Waals surface area contributed by atoms with Gasteiger partial charge in [0, 0.05) is 13.1 Å². The number of hydrogen-bond acceptors (Lipinski definition) is 5. The molecular formula is C28H37N3O4. The second-order valence-corrected chi connectivity index (χ2v) is 10.0. The lowest BCUT2D eigenvalue weighted by molar-refractivity contribution is -0.144. The van der Waals surface area contributed by atoms with Crippen molar-refractivity contribution in [3.05, 3.63) is 70.8 Å². The number of aliphatic carboxylic acids is 2. The van der Waals surface area contributed by atoms with E-state index >= 15 is 0 Å². The number of carboxylic acid groups (broad SMARTS) is 2. The molecule has 0 saturated carbocycles. The summed E-state index contributed by atoms with van der Waals surface area (Å²) >= 11 is 0. The molecule has 2 aliphatic heterocycles. The smallest absolute Gasteiger partial charge is 0.307 e. The van der Waals surface area contributed by atoms with E-state index in [4.69, 9.17) is 0 Å². The van der Waals surface area contributed by atoms with Crippen LogP contribution in [0.4, 0.5) is 0 Å². The number of carboxylic acids is 2. The van der Waals surface area contributed by atoms with Crippen LogP contribution < -0.4 is 16.0 Å². The van der Waals surface area contributed by atoms with E-state index in [1.54, 1.807) is 0 Å². The van der Waals surface area contributed by atoms with Gasteiger partial charge < -0.3 is 26.2 Å². The Bertz CT molecular complexity index is 920. The minimum Gasteiger partial charge on any atom is -0.481 e. The molecule has 7 heteroatoms. The molecule has 2 aliphatic rings. The molecule has 5 N–H and O–H groups in total. The highest BCUT2D eigenvalue weighted by Crippen LogP contribution is 2.25. The molecule has 2 heterocycles. The normalized spacial score (nSPS) is 21.6. The molecule has 2 aromatic carbocycles. The highest BCUT2D eigenvalue weighted by molar-refractivity contribution is 5.71. The van der Waals surface area contributed by atoms with E-state index in [0.717, 1.165) is 61.3 Å². The van der Waals surface area contributed by atoms with Crippen LogP contribution in [0.2, 0.25) is 0 Å². The predicted molar refractivity (Wildman–Crippen MR) is 135 cm³/mol. The van der Waals surface area contributed by atoms with Gasteiger partial charge in [-0.1, -0.05) is 48.5 Å². The van der Waals surface area contributed by atoms with Gasteiger partial charge in [-0.3, -0.25) is 9.59 Å². The van der Waals surface area contributed by atoms with Crippen LogP contribution in [0.3, 0.4) is 0 Å². The van der Waals surface area contributed by atoms with Crippen LogP contribution in [0.5, 0.6) is 0 Å². The van der Waals surface area contributed by atoms with Gasteiger partial charge in [0.1, 0.15) is 0 Å². The Morgan fingerprint density at radius 1 is 0.771 bits per heavy atom. The Morgan fingerprint density at radius 2 is 1.20 bits per heavy atom. The topological polar surface area (TPSA) is 111 Å². The van der Waals surface area contributed by atoms with Crippen molar-refractivity contribution in [3.63, 3.8) is 0 Å². The Balaban J connectivity index is 1.31. The van der Waals surface area contributed by atoms with E-state index in [-0.39, 0.29) is 23.7 Å². The molecule has 188 valence electrons. The van der Waals surface area contributed by atoms with E-state index in [9.17, 15) is 19.8 Å². The third-order valence-corrected chi connectivity index (χ3v) is 7.52. The first kappa shape index (κ1) is 25.4. The molecule has 2 unspecified atom stereocenters. The predicted octanol–water partition coefficient (Wildman–Crippen LogP) is 2.68.